The van der Waals surface area contributed by atoms with E-state index in [0.29, 0.717) is 45.8 Å². The van der Waals surface area contributed by atoms with Gasteiger partial charge in [0.25, 0.3) is 11.6 Å². The van der Waals surface area contributed by atoms with Crippen LogP contribution in [0.25, 0.3) is 0 Å². The Morgan fingerprint density at radius 3 is 2.34 bits per heavy atom. The van der Waals surface area contributed by atoms with Gasteiger partial charge in [0.05, 0.1) is 18.6 Å². The molecule has 0 N–H and O–H groups in total. The molecular weight excluding hydrogens is 560 g/mol. The molecule has 0 bridgehead atoms. The zero-order chi connectivity index (χ0) is 31.3. The molecule has 1 aromatic heterocycles. The summed E-state index contributed by atoms with van der Waals surface area (Å²) in [5.41, 5.74) is 3.16. The number of ether oxygens (including phenoxy) is 2. The second-order valence-electron chi connectivity index (χ2n) is 10.3. The van der Waals surface area contributed by atoms with E-state index in [0.717, 1.165) is 22.6 Å². The first-order valence-electron chi connectivity index (χ1n) is 14.6. The van der Waals surface area contributed by atoms with E-state index < -0.39 is 4.92 Å². The lowest BCUT2D eigenvalue weighted by atomic mass is 10.1. The van der Waals surface area contributed by atoms with E-state index in [2.05, 4.69) is 4.57 Å². The predicted molar refractivity (Wildman–Crippen MR) is 167 cm³/mol. The molecule has 3 aromatic carbocycles. The quantitative estimate of drug-likeness (QED) is 0.0951. The molecule has 0 unspecified atom stereocenters. The molecule has 10 heteroatoms. The fourth-order valence-corrected chi connectivity index (χ4v) is 4.87. The number of carbonyl (C=O) groups excluding carboxylic acids is 2. The van der Waals surface area contributed by atoms with Gasteiger partial charge in [-0.3, -0.25) is 19.7 Å². The predicted octanol–water partition coefficient (Wildman–Crippen LogP) is 5.55. The minimum atomic E-state index is -0.511. The summed E-state index contributed by atoms with van der Waals surface area (Å²) in [7, 11) is 1.64. The number of hydrogen-bond acceptors (Lipinski definition) is 6. The van der Waals surface area contributed by atoms with Gasteiger partial charge in [0.2, 0.25) is 5.91 Å². The number of nitro groups is 1. The van der Waals surface area contributed by atoms with Gasteiger partial charge in [-0.2, -0.15) is 0 Å². The molecule has 44 heavy (non-hydrogen) atoms. The Kier molecular flexibility index (Phi) is 11.7. The molecule has 10 nitrogen and oxygen atoms in total. The van der Waals surface area contributed by atoms with Crippen LogP contribution in [-0.4, -0.2) is 64.5 Å². The van der Waals surface area contributed by atoms with Crippen LogP contribution in [0.4, 0.5) is 5.69 Å². The van der Waals surface area contributed by atoms with Gasteiger partial charge in [-0.15, -0.1) is 0 Å². The summed E-state index contributed by atoms with van der Waals surface area (Å²) >= 11 is 0. The molecule has 4 aromatic rings. The van der Waals surface area contributed by atoms with E-state index in [1.165, 1.54) is 29.2 Å². The summed E-state index contributed by atoms with van der Waals surface area (Å²) < 4.78 is 13.0. The van der Waals surface area contributed by atoms with Crippen molar-refractivity contribution in [2.45, 2.75) is 33.0 Å². The molecule has 1 heterocycles. The van der Waals surface area contributed by atoms with Gasteiger partial charge in [-0.25, -0.2) is 0 Å². The van der Waals surface area contributed by atoms with Gasteiger partial charge < -0.3 is 23.8 Å². The van der Waals surface area contributed by atoms with Crippen molar-refractivity contribution in [3.63, 3.8) is 0 Å². The normalized spacial score (nSPS) is 10.8. The van der Waals surface area contributed by atoms with Crippen LogP contribution in [0, 0.1) is 10.1 Å². The van der Waals surface area contributed by atoms with E-state index in [9.17, 15) is 19.7 Å². The molecule has 0 aliphatic heterocycles. The van der Waals surface area contributed by atoms with E-state index in [1.54, 1.807) is 12.0 Å². The van der Waals surface area contributed by atoms with Gasteiger partial charge in [0.1, 0.15) is 12.3 Å². The van der Waals surface area contributed by atoms with E-state index in [-0.39, 0.29) is 29.6 Å². The van der Waals surface area contributed by atoms with Gasteiger partial charge >= 0.3 is 0 Å². The monoisotopic (exact) mass is 598 g/mol. The largest absolute Gasteiger partial charge is 0.497 e. The lowest BCUT2D eigenvalue weighted by molar-refractivity contribution is -0.384. The van der Waals surface area contributed by atoms with Crippen molar-refractivity contribution in [1.82, 2.24) is 14.4 Å². The van der Waals surface area contributed by atoms with Crippen LogP contribution in [0.1, 0.15) is 40.5 Å². The third-order valence-electron chi connectivity index (χ3n) is 7.19. The van der Waals surface area contributed by atoms with Gasteiger partial charge in [-0.1, -0.05) is 42.5 Å². The number of rotatable bonds is 16. The zero-order valence-electron chi connectivity index (χ0n) is 25.1. The molecule has 0 atom stereocenters. The number of carbonyl (C=O) groups is 2. The second kappa shape index (κ2) is 16.0. The molecule has 0 aliphatic rings. The van der Waals surface area contributed by atoms with Crippen molar-refractivity contribution in [3.8, 4) is 5.75 Å². The van der Waals surface area contributed by atoms with E-state index in [4.69, 9.17) is 9.47 Å². The summed E-state index contributed by atoms with van der Waals surface area (Å²) in [5, 5.41) is 11.1. The van der Waals surface area contributed by atoms with Gasteiger partial charge in [0, 0.05) is 62.4 Å². The van der Waals surface area contributed by atoms with Crippen LogP contribution in [0.3, 0.4) is 0 Å². The van der Waals surface area contributed by atoms with E-state index in [1.807, 2.05) is 79.9 Å². The molecule has 0 saturated carbocycles. The van der Waals surface area contributed by atoms with Crippen molar-refractivity contribution in [2.75, 3.05) is 33.4 Å². The zero-order valence-corrected chi connectivity index (χ0v) is 25.1. The molecule has 4 rings (SSSR count). The number of methoxy groups -OCH3 is 1. The highest BCUT2D eigenvalue weighted by atomic mass is 16.6. The van der Waals surface area contributed by atoms with Crippen molar-refractivity contribution in [1.29, 1.82) is 0 Å². The molecule has 0 aliphatic carbocycles. The molecule has 230 valence electrons. The van der Waals surface area contributed by atoms with Crippen molar-refractivity contribution >= 4 is 17.5 Å². The number of non-ortho nitro benzene ring substituents is 1. The highest BCUT2D eigenvalue weighted by Crippen LogP contribution is 2.18. The Labute approximate surface area is 257 Å². The lowest BCUT2D eigenvalue weighted by Crippen LogP contribution is -2.43. The summed E-state index contributed by atoms with van der Waals surface area (Å²) in [6.07, 6.45) is 2.53. The first kappa shape index (κ1) is 32.0. The molecule has 0 spiro atoms. The molecule has 0 fully saturated rings. The molecule has 2 amide bonds. The van der Waals surface area contributed by atoms with Crippen molar-refractivity contribution < 1.29 is 24.0 Å². The van der Waals surface area contributed by atoms with E-state index >= 15 is 0 Å². The average Bonchev–Trinajstić information content (AvgIpc) is 3.48. The van der Waals surface area contributed by atoms with Crippen LogP contribution >= 0.6 is 0 Å². The topological polar surface area (TPSA) is 107 Å². The first-order valence-corrected chi connectivity index (χ1v) is 14.6. The summed E-state index contributed by atoms with van der Waals surface area (Å²) in [5.74, 6) is 0.194. The average molecular weight is 599 g/mol. The Balaban J connectivity index is 1.56. The Hall–Kier alpha value is -4.96. The molecular formula is C34H38N4O6. The highest BCUT2D eigenvalue weighted by molar-refractivity contribution is 5.96. The highest BCUT2D eigenvalue weighted by Gasteiger charge is 2.24. The standard InChI is InChI=1S/C34H38N4O6/c1-3-44-21-9-20-36(34(40)29-15-17-30(18-16-29)38(41)42)26-33(39)37(23-27-10-5-4-6-11-27)25-31-13-8-19-35(31)24-28-12-7-14-32(22-28)43-2/h4-8,10-19,22H,3,9,20-21,23-26H2,1-2H3. The molecule has 0 saturated heterocycles. The fraction of sp³-hybridized carbons (Fsp3) is 0.294. The third kappa shape index (κ3) is 9.02. The number of hydrogen-bond donors (Lipinski definition) is 0. The van der Waals surface area contributed by atoms with Crippen molar-refractivity contribution in [2.24, 2.45) is 0 Å². The van der Waals surface area contributed by atoms with Crippen molar-refractivity contribution in [3.05, 3.63) is 130 Å². The number of nitrogens with zero attached hydrogens (tertiary/aromatic N) is 4. The number of aromatic nitrogens is 1. The third-order valence-corrected chi connectivity index (χ3v) is 7.19. The van der Waals surface area contributed by atoms with Crippen LogP contribution < -0.4 is 4.74 Å². The SMILES string of the molecule is CCOCCCN(CC(=O)N(Cc1ccccc1)Cc1cccn1Cc1cccc(OC)c1)C(=O)c1ccc([N+](=O)[O-])cc1. The lowest BCUT2D eigenvalue weighted by Gasteiger charge is -2.28. The first-order chi connectivity index (χ1) is 21.4. The number of amides is 2. The van der Waals surface area contributed by atoms with Crippen LogP contribution in [0.15, 0.2) is 97.2 Å². The van der Waals surface area contributed by atoms with Gasteiger partial charge in [0.15, 0.2) is 0 Å². The Morgan fingerprint density at radius 1 is 0.886 bits per heavy atom. The Bertz CT molecular complexity index is 1520. The maximum Gasteiger partial charge on any atom is 0.269 e. The maximum absolute atomic E-state index is 14.0. The molecule has 0 radical (unpaired) electrons. The number of nitro benzene ring substituents is 1. The summed E-state index contributed by atoms with van der Waals surface area (Å²) in [6.45, 7) is 4.35. The number of benzene rings is 3. The second-order valence-corrected chi connectivity index (χ2v) is 10.3. The minimum Gasteiger partial charge on any atom is -0.497 e. The van der Waals surface area contributed by atoms with Crippen LogP contribution in [0.5, 0.6) is 5.75 Å². The smallest absolute Gasteiger partial charge is 0.269 e. The summed E-state index contributed by atoms with van der Waals surface area (Å²) in [6, 6.07) is 27.0. The van der Waals surface area contributed by atoms with Crippen LogP contribution in [0.2, 0.25) is 0 Å². The summed E-state index contributed by atoms with van der Waals surface area (Å²) in [4.78, 5) is 41.4. The Morgan fingerprint density at radius 2 is 1.64 bits per heavy atom. The maximum atomic E-state index is 14.0. The van der Waals surface area contributed by atoms with Gasteiger partial charge in [-0.05, 0) is 60.9 Å². The van der Waals surface area contributed by atoms with Crippen LogP contribution in [-0.2, 0) is 29.2 Å². The fourth-order valence-electron chi connectivity index (χ4n) is 4.87. The minimum absolute atomic E-state index is 0.105.